The molecule has 0 saturated carbocycles. The number of para-hydroxylation sites is 2. The van der Waals surface area contributed by atoms with Crippen molar-refractivity contribution < 1.29 is 18.0 Å². The minimum absolute atomic E-state index is 0.100. The molecule has 1 amide bonds. The van der Waals surface area contributed by atoms with E-state index in [1.54, 1.807) is 18.2 Å². The lowest BCUT2D eigenvalue weighted by atomic mass is 10.1. The maximum absolute atomic E-state index is 12.9. The molecule has 3 aromatic rings. The van der Waals surface area contributed by atoms with Gasteiger partial charge < -0.3 is 5.32 Å². The number of aromatic nitrogens is 1. The summed E-state index contributed by atoms with van der Waals surface area (Å²) in [5.41, 5.74) is -0.481. The van der Waals surface area contributed by atoms with Gasteiger partial charge in [-0.15, -0.1) is 0 Å². The third-order valence-electron chi connectivity index (χ3n) is 3.64. The van der Waals surface area contributed by atoms with Crippen molar-refractivity contribution in [2.24, 2.45) is 0 Å². The number of hydrogen-bond donors (Lipinski definition) is 1. The number of halogens is 3. The molecular formula is C17H13F3N2O2S. The van der Waals surface area contributed by atoms with Crippen molar-refractivity contribution in [2.45, 2.75) is 19.1 Å². The quantitative estimate of drug-likeness (QED) is 0.755. The summed E-state index contributed by atoms with van der Waals surface area (Å²) in [5.74, 6) is -0.584. The Labute approximate surface area is 144 Å². The van der Waals surface area contributed by atoms with E-state index in [4.69, 9.17) is 0 Å². The average molecular weight is 366 g/mol. The minimum atomic E-state index is -4.55. The molecule has 0 aliphatic carbocycles. The molecule has 1 heterocycles. The van der Waals surface area contributed by atoms with Crippen LogP contribution in [0.5, 0.6) is 0 Å². The van der Waals surface area contributed by atoms with Gasteiger partial charge in [0.15, 0.2) is 0 Å². The predicted molar refractivity (Wildman–Crippen MR) is 90.8 cm³/mol. The Bertz CT molecular complexity index is 976. The molecule has 8 heteroatoms. The van der Waals surface area contributed by atoms with Gasteiger partial charge in [0.25, 0.3) is 0 Å². The molecular weight excluding hydrogens is 353 g/mol. The van der Waals surface area contributed by atoms with Crippen LogP contribution in [0.3, 0.4) is 0 Å². The third-order valence-corrected chi connectivity index (χ3v) is 4.60. The number of nitrogens with one attached hydrogen (secondary N) is 1. The summed E-state index contributed by atoms with van der Waals surface area (Å²) >= 11 is 1.07. The number of thiazole rings is 1. The van der Waals surface area contributed by atoms with E-state index in [1.165, 1.54) is 22.8 Å². The number of hydrogen-bond acceptors (Lipinski definition) is 3. The van der Waals surface area contributed by atoms with Crippen LogP contribution in [0.4, 0.5) is 18.9 Å². The maximum atomic E-state index is 12.9. The first kappa shape index (κ1) is 17.2. The van der Waals surface area contributed by atoms with Gasteiger partial charge >= 0.3 is 11.0 Å². The number of rotatable bonds is 4. The number of fused-ring (bicyclic) bond motifs is 1. The highest BCUT2D eigenvalue weighted by Gasteiger charge is 2.33. The van der Waals surface area contributed by atoms with Gasteiger partial charge in [-0.25, -0.2) is 0 Å². The fraction of sp³-hybridized carbons (Fsp3) is 0.176. The van der Waals surface area contributed by atoms with Gasteiger partial charge in [0, 0.05) is 13.0 Å². The lowest BCUT2D eigenvalue weighted by Crippen LogP contribution is -2.20. The van der Waals surface area contributed by atoms with Gasteiger partial charge in [-0.1, -0.05) is 35.6 Å². The van der Waals surface area contributed by atoms with Crippen molar-refractivity contribution >= 4 is 33.1 Å². The van der Waals surface area contributed by atoms with Crippen molar-refractivity contribution in [3.05, 3.63) is 63.8 Å². The molecule has 0 unspecified atom stereocenters. The van der Waals surface area contributed by atoms with E-state index < -0.39 is 17.6 Å². The monoisotopic (exact) mass is 366 g/mol. The minimum Gasteiger partial charge on any atom is -0.325 e. The molecule has 0 aliphatic rings. The standard InChI is InChI=1S/C17H13F3N2O2S/c18-17(19,20)11-5-1-2-6-12(11)21-15(23)9-10-22-13-7-3-4-8-14(13)25-16(22)24/h1-8H,9-10H2,(H,21,23). The van der Waals surface area contributed by atoms with Crippen LogP contribution in [0.2, 0.25) is 0 Å². The topological polar surface area (TPSA) is 51.1 Å². The normalized spacial score (nSPS) is 11.6. The maximum Gasteiger partial charge on any atom is 0.418 e. The van der Waals surface area contributed by atoms with E-state index in [2.05, 4.69) is 5.32 Å². The van der Waals surface area contributed by atoms with Gasteiger partial charge in [0.2, 0.25) is 5.91 Å². The largest absolute Gasteiger partial charge is 0.418 e. The number of benzene rings is 2. The molecule has 130 valence electrons. The van der Waals surface area contributed by atoms with Crippen LogP contribution in [0, 0.1) is 0 Å². The van der Waals surface area contributed by atoms with Gasteiger partial charge in [0.05, 0.1) is 21.5 Å². The first-order valence-electron chi connectivity index (χ1n) is 7.41. The van der Waals surface area contributed by atoms with E-state index in [9.17, 15) is 22.8 Å². The summed E-state index contributed by atoms with van der Waals surface area (Å²) in [6.07, 6.45) is -4.66. The third kappa shape index (κ3) is 3.74. The number of nitrogens with zero attached hydrogens (tertiary/aromatic N) is 1. The zero-order chi connectivity index (χ0) is 18.0. The number of carbonyl (C=O) groups excluding carboxylic acids is 1. The van der Waals surface area contributed by atoms with Crippen LogP contribution < -0.4 is 10.2 Å². The summed E-state index contributed by atoms with van der Waals surface area (Å²) < 4.78 is 41.1. The second kappa shape index (κ2) is 6.72. The molecule has 0 fully saturated rings. The first-order chi connectivity index (χ1) is 11.9. The molecule has 4 nitrogen and oxygen atoms in total. The summed E-state index contributed by atoms with van der Waals surface area (Å²) in [5, 5.41) is 2.28. The molecule has 0 aliphatic heterocycles. The van der Waals surface area contributed by atoms with Gasteiger partial charge in [-0.3, -0.25) is 14.2 Å². The Morgan fingerprint density at radius 2 is 1.76 bits per heavy atom. The Morgan fingerprint density at radius 3 is 2.52 bits per heavy atom. The smallest absolute Gasteiger partial charge is 0.325 e. The van der Waals surface area contributed by atoms with Crippen molar-refractivity contribution in [3.63, 3.8) is 0 Å². The second-order valence-corrected chi connectivity index (χ2v) is 6.32. The molecule has 3 rings (SSSR count). The Balaban J connectivity index is 1.74. The summed E-state index contributed by atoms with van der Waals surface area (Å²) in [7, 11) is 0. The fourth-order valence-electron chi connectivity index (χ4n) is 2.49. The number of carbonyl (C=O) groups is 1. The van der Waals surface area contributed by atoms with Crippen molar-refractivity contribution in [1.29, 1.82) is 0 Å². The molecule has 0 spiro atoms. The van der Waals surface area contributed by atoms with Crippen molar-refractivity contribution in [2.75, 3.05) is 5.32 Å². The first-order valence-corrected chi connectivity index (χ1v) is 8.22. The molecule has 2 aromatic carbocycles. The highest BCUT2D eigenvalue weighted by atomic mass is 32.1. The van der Waals surface area contributed by atoms with E-state index in [0.29, 0.717) is 5.52 Å². The van der Waals surface area contributed by atoms with Gasteiger partial charge in [-0.05, 0) is 24.3 Å². The molecule has 1 aromatic heterocycles. The van der Waals surface area contributed by atoms with Crippen LogP contribution in [0.15, 0.2) is 53.3 Å². The number of amides is 1. The van der Waals surface area contributed by atoms with Crippen LogP contribution in [0.25, 0.3) is 10.2 Å². The number of anilines is 1. The number of aryl methyl sites for hydroxylation is 1. The zero-order valence-corrected chi connectivity index (χ0v) is 13.7. The Hall–Kier alpha value is -2.61. The van der Waals surface area contributed by atoms with Gasteiger partial charge in [0.1, 0.15) is 0 Å². The van der Waals surface area contributed by atoms with E-state index in [-0.39, 0.29) is 23.5 Å². The average Bonchev–Trinajstić information content (AvgIpc) is 2.87. The van der Waals surface area contributed by atoms with Crippen LogP contribution in [0.1, 0.15) is 12.0 Å². The Kier molecular flexibility index (Phi) is 4.63. The van der Waals surface area contributed by atoms with Crippen molar-refractivity contribution in [3.8, 4) is 0 Å². The van der Waals surface area contributed by atoms with Crippen LogP contribution in [-0.4, -0.2) is 10.5 Å². The molecule has 0 atom stereocenters. The van der Waals surface area contributed by atoms with E-state index in [1.807, 2.05) is 6.07 Å². The molecule has 1 N–H and O–H groups in total. The summed E-state index contributed by atoms with van der Waals surface area (Å²) in [4.78, 5) is 23.8. The highest BCUT2D eigenvalue weighted by molar-refractivity contribution is 7.16. The van der Waals surface area contributed by atoms with Crippen LogP contribution >= 0.6 is 11.3 Å². The lowest BCUT2D eigenvalue weighted by Gasteiger charge is -2.13. The second-order valence-electron chi connectivity index (χ2n) is 5.33. The van der Waals surface area contributed by atoms with Gasteiger partial charge in [-0.2, -0.15) is 13.2 Å². The molecule has 25 heavy (non-hydrogen) atoms. The number of alkyl halides is 3. The molecule has 0 bridgehead atoms. The summed E-state index contributed by atoms with van der Waals surface area (Å²) in [6, 6.07) is 12.0. The summed E-state index contributed by atoms with van der Waals surface area (Å²) in [6.45, 7) is 0.100. The molecule has 0 radical (unpaired) electrons. The highest BCUT2D eigenvalue weighted by Crippen LogP contribution is 2.34. The van der Waals surface area contributed by atoms with E-state index in [0.717, 1.165) is 22.1 Å². The van der Waals surface area contributed by atoms with E-state index >= 15 is 0 Å². The lowest BCUT2D eigenvalue weighted by molar-refractivity contribution is -0.137. The SMILES string of the molecule is O=C(CCn1c(=O)sc2ccccc21)Nc1ccccc1C(F)(F)F. The van der Waals surface area contributed by atoms with Crippen molar-refractivity contribution in [1.82, 2.24) is 4.57 Å². The Morgan fingerprint density at radius 1 is 1.08 bits per heavy atom. The zero-order valence-electron chi connectivity index (χ0n) is 12.8. The predicted octanol–water partition coefficient (Wildman–Crippen LogP) is 4.11. The molecule has 0 saturated heterocycles. The fourth-order valence-corrected chi connectivity index (χ4v) is 3.41. The van der Waals surface area contributed by atoms with Crippen LogP contribution in [-0.2, 0) is 17.5 Å².